The van der Waals surface area contributed by atoms with Crippen LogP contribution in [0.3, 0.4) is 0 Å². The van der Waals surface area contributed by atoms with Gasteiger partial charge in [0.05, 0.1) is 12.2 Å². The Bertz CT molecular complexity index is 628. The number of thioether (sulfide) groups is 1. The lowest BCUT2D eigenvalue weighted by Crippen LogP contribution is -2.32. The standard InChI is InChI=1S/C15H19N4S2/c1-12-11-18(2)15(21-12)17-16-13-3-5-14(6-4-13)19-7-9-20-10-8-19/h3-6,11H,7-10H2,1-2H3/q+1. The van der Waals surface area contributed by atoms with Crippen molar-refractivity contribution in [1.29, 1.82) is 0 Å². The van der Waals surface area contributed by atoms with Gasteiger partial charge in [-0.2, -0.15) is 11.8 Å². The second-order valence-electron chi connectivity index (χ2n) is 5.05. The average molecular weight is 319 g/mol. The molecule has 0 saturated carbocycles. The highest BCUT2D eigenvalue weighted by Gasteiger charge is 2.12. The quantitative estimate of drug-likeness (QED) is 0.636. The summed E-state index contributed by atoms with van der Waals surface area (Å²) >= 11 is 3.68. The second-order valence-corrected chi connectivity index (χ2v) is 7.49. The molecular weight excluding hydrogens is 300 g/mol. The monoisotopic (exact) mass is 319 g/mol. The van der Waals surface area contributed by atoms with E-state index >= 15 is 0 Å². The zero-order valence-corrected chi connectivity index (χ0v) is 14.0. The van der Waals surface area contributed by atoms with E-state index in [2.05, 4.69) is 40.4 Å². The summed E-state index contributed by atoms with van der Waals surface area (Å²) in [5, 5.41) is 9.58. The maximum absolute atomic E-state index is 4.33. The third-order valence-electron chi connectivity index (χ3n) is 3.41. The third kappa shape index (κ3) is 3.63. The van der Waals surface area contributed by atoms with Crippen LogP contribution >= 0.6 is 23.1 Å². The Balaban J connectivity index is 1.70. The largest absolute Gasteiger partial charge is 0.408 e. The van der Waals surface area contributed by atoms with E-state index in [1.165, 1.54) is 22.1 Å². The number of benzene rings is 1. The highest BCUT2D eigenvalue weighted by molar-refractivity contribution is 7.99. The van der Waals surface area contributed by atoms with Gasteiger partial charge in [0, 0.05) is 35.2 Å². The van der Waals surface area contributed by atoms with Crippen LogP contribution in [0.5, 0.6) is 0 Å². The number of aryl methyl sites for hydroxylation is 2. The molecular formula is C15H19N4S2+. The van der Waals surface area contributed by atoms with Gasteiger partial charge >= 0.3 is 5.13 Å². The van der Waals surface area contributed by atoms with Crippen molar-refractivity contribution in [2.75, 3.05) is 29.5 Å². The smallest absolute Gasteiger partial charge is 0.370 e. The van der Waals surface area contributed by atoms with E-state index < -0.39 is 0 Å². The number of aromatic nitrogens is 1. The molecule has 21 heavy (non-hydrogen) atoms. The maximum atomic E-state index is 4.33. The first-order valence-corrected chi connectivity index (χ1v) is 9.00. The van der Waals surface area contributed by atoms with Gasteiger partial charge in [-0.15, -0.1) is 0 Å². The van der Waals surface area contributed by atoms with E-state index in [4.69, 9.17) is 0 Å². The molecule has 2 heterocycles. The Kier molecular flexibility index (Phi) is 4.55. The van der Waals surface area contributed by atoms with Crippen LogP contribution in [0.1, 0.15) is 4.88 Å². The topological polar surface area (TPSA) is 31.8 Å². The first-order chi connectivity index (χ1) is 10.2. The van der Waals surface area contributed by atoms with Gasteiger partial charge in [0.1, 0.15) is 11.9 Å². The Morgan fingerprint density at radius 2 is 1.81 bits per heavy atom. The van der Waals surface area contributed by atoms with Gasteiger partial charge in [0.25, 0.3) is 0 Å². The van der Waals surface area contributed by atoms with Crippen molar-refractivity contribution in [1.82, 2.24) is 0 Å². The molecule has 6 heteroatoms. The molecule has 1 aromatic carbocycles. The summed E-state index contributed by atoms with van der Waals surface area (Å²) in [7, 11) is 2.00. The van der Waals surface area contributed by atoms with Crippen LogP contribution in [0.2, 0.25) is 0 Å². The minimum absolute atomic E-state index is 0.899. The molecule has 1 fully saturated rings. The highest BCUT2D eigenvalue weighted by Crippen LogP contribution is 2.25. The maximum Gasteiger partial charge on any atom is 0.408 e. The molecule has 2 aromatic rings. The van der Waals surface area contributed by atoms with Gasteiger partial charge in [0.2, 0.25) is 0 Å². The summed E-state index contributed by atoms with van der Waals surface area (Å²) in [5.74, 6) is 2.44. The molecule has 4 nitrogen and oxygen atoms in total. The zero-order valence-electron chi connectivity index (χ0n) is 12.3. The van der Waals surface area contributed by atoms with Crippen LogP contribution in [0.4, 0.5) is 16.5 Å². The lowest BCUT2D eigenvalue weighted by atomic mass is 10.2. The predicted octanol–water partition coefficient (Wildman–Crippen LogP) is 3.85. The van der Waals surface area contributed by atoms with Gasteiger partial charge in [-0.3, -0.25) is 0 Å². The number of azo groups is 1. The normalized spacial score (nSPS) is 15.8. The van der Waals surface area contributed by atoms with Crippen molar-refractivity contribution < 1.29 is 4.57 Å². The molecule has 1 aliphatic rings. The Hall–Kier alpha value is -1.40. The van der Waals surface area contributed by atoms with Crippen molar-refractivity contribution >= 4 is 39.6 Å². The summed E-state index contributed by atoms with van der Waals surface area (Å²) in [5.41, 5.74) is 2.18. The van der Waals surface area contributed by atoms with E-state index in [1.54, 1.807) is 11.3 Å². The van der Waals surface area contributed by atoms with E-state index in [9.17, 15) is 0 Å². The van der Waals surface area contributed by atoms with Crippen LogP contribution in [0.15, 0.2) is 40.7 Å². The molecule has 3 rings (SSSR count). The van der Waals surface area contributed by atoms with Crippen LogP contribution in [0.25, 0.3) is 0 Å². The molecule has 0 radical (unpaired) electrons. The summed E-state index contributed by atoms with van der Waals surface area (Å²) in [6.07, 6.45) is 2.07. The van der Waals surface area contributed by atoms with Gasteiger partial charge in [-0.25, -0.2) is 4.57 Å². The van der Waals surface area contributed by atoms with Crippen molar-refractivity contribution in [2.24, 2.45) is 17.3 Å². The predicted molar refractivity (Wildman–Crippen MR) is 90.4 cm³/mol. The number of hydrogen-bond acceptors (Lipinski definition) is 5. The fraction of sp³-hybridized carbons (Fsp3) is 0.400. The average Bonchev–Trinajstić information content (AvgIpc) is 2.84. The Labute approximate surface area is 133 Å². The molecule has 0 N–H and O–H groups in total. The number of rotatable bonds is 3. The minimum atomic E-state index is 0.899. The van der Waals surface area contributed by atoms with E-state index in [1.807, 2.05) is 35.5 Å². The van der Waals surface area contributed by atoms with Crippen LogP contribution < -0.4 is 9.47 Å². The lowest BCUT2D eigenvalue weighted by Gasteiger charge is -2.28. The SMILES string of the molecule is Cc1c[n+](C)c(/N=N/c2ccc(N3CCSCC3)cc2)s1. The van der Waals surface area contributed by atoms with E-state index in [-0.39, 0.29) is 0 Å². The Morgan fingerprint density at radius 3 is 2.43 bits per heavy atom. The molecule has 1 saturated heterocycles. The first kappa shape index (κ1) is 14.5. The summed E-state index contributed by atoms with van der Waals surface area (Å²) < 4.78 is 2.00. The van der Waals surface area contributed by atoms with Crippen molar-refractivity contribution in [2.45, 2.75) is 6.92 Å². The van der Waals surface area contributed by atoms with E-state index in [0.717, 1.165) is 23.9 Å². The van der Waals surface area contributed by atoms with Crippen molar-refractivity contribution in [3.63, 3.8) is 0 Å². The molecule has 1 aliphatic heterocycles. The van der Waals surface area contributed by atoms with Crippen molar-refractivity contribution in [3.8, 4) is 0 Å². The van der Waals surface area contributed by atoms with Crippen LogP contribution in [-0.2, 0) is 7.05 Å². The number of hydrogen-bond donors (Lipinski definition) is 0. The van der Waals surface area contributed by atoms with Crippen LogP contribution in [0, 0.1) is 6.92 Å². The van der Waals surface area contributed by atoms with Gasteiger partial charge in [-0.1, -0.05) is 0 Å². The minimum Gasteiger partial charge on any atom is -0.370 e. The molecule has 0 spiro atoms. The first-order valence-electron chi connectivity index (χ1n) is 7.03. The fourth-order valence-corrected chi connectivity index (χ4v) is 3.99. The molecule has 0 bridgehead atoms. The second kappa shape index (κ2) is 6.58. The molecule has 0 amide bonds. The zero-order chi connectivity index (χ0) is 14.7. The highest BCUT2D eigenvalue weighted by atomic mass is 32.2. The molecule has 1 aromatic heterocycles. The molecule has 0 atom stereocenters. The Morgan fingerprint density at radius 1 is 1.10 bits per heavy atom. The number of thiazole rings is 1. The third-order valence-corrected chi connectivity index (χ3v) is 5.33. The molecule has 0 aliphatic carbocycles. The van der Waals surface area contributed by atoms with Crippen LogP contribution in [-0.4, -0.2) is 24.6 Å². The molecule has 0 unspecified atom stereocenters. The summed E-state index contributed by atoms with van der Waals surface area (Å²) in [4.78, 5) is 3.67. The summed E-state index contributed by atoms with van der Waals surface area (Å²) in [6.45, 7) is 4.35. The number of anilines is 1. The lowest BCUT2D eigenvalue weighted by molar-refractivity contribution is -0.654. The van der Waals surface area contributed by atoms with E-state index in [0.29, 0.717) is 0 Å². The van der Waals surface area contributed by atoms with Gasteiger partial charge in [0.15, 0.2) is 0 Å². The fourth-order valence-electron chi connectivity index (χ4n) is 2.31. The summed E-state index contributed by atoms with van der Waals surface area (Å²) in [6, 6.07) is 8.37. The van der Waals surface area contributed by atoms with Gasteiger partial charge < -0.3 is 4.90 Å². The van der Waals surface area contributed by atoms with Crippen molar-refractivity contribution in [3.05, 3.63) is 35.3 Å². The number of nitrogens with zero attached hydrogens (tertiary/aromatic N) is 4. The van der Waals surface area contributed by atoms with Gasteiger partial charge in [-0.05, 0) is 47.6 Å². The molecule has 110 valence electrons.